The maximum atomic E-state index is 14.2. The molecule has 2 fully saturated rings. The van der Waals surface area contributed by atoms with Gasteiger partial charge in [0.05, 0.1) is 29.6 Å². The molecule has 1 amide bonds. The van der Waals surface area contributed by atoms with Crippen LogP contribution in [0.15, 0.2) is 66.7 Å². The van der Waals surface area contributed by atoms with Crippen molar-refractivity contribution in [1.82, 2.24) is 4.90 Å². The monoisotopic (exact) mass is 595 g/mol. The minimum Gasteiger partial charge on any atom is -0.497 e. The second-order valence-electron chi connectivity index (χ2n) is 11.1. The smallest absolute Gasteiger partial charge is 0.416 e. The first-order valence-corrected chi connectivity index (χ1v) is 14.3. The Hall–Kier alpha value is -4.48. The Morgan fingerprint density at radius 1 is 0.907 bits per heavy atom. The molecule has 3 aliphatic heterocycles. The molecule has 3 aromatic carbocycles. The number of benzene rings is 3. The minimum absolute atomic E-state index is 0.00466. The summed E-state index contributed by atoms with van der Waals surface area (Å²) in [6.07, 6.45) is -4.05. The predicted octanol–water partition coefficient (Wildman–Crippen LogP) is 4.84. The van der Waals surface area contributed by atoms with Gasteiger partial charge in [0.25, 0.3) is 5.69 Å². The number of ether oxygens (including phenoxy) is 1. The number of nitro groups is 1. The average Bonchev–Trinajstić information content (AvgIpc) is 3.03. The number of nitro benzene ring substituents is 1. The van der Waals surface area contributed by atoms with Gasteiger partial charge in [0.1, 0.15) is 5.75 Å². The normalized spacial score (nSPS) is 20.4. The van der Waals surface area contributed by atoms with E-state index in [4.69, 9.17) is 4.74 Å². The van der Waals surface area contributed by atoms with Gasteiger partial charge in [-0.15, -0.1) is 0 Å². The number of nitrogens with zero attached hydrogens (tertiary/aromatic N) is 5. The van der Waals surface area contributed by atoms with Crippen molar-refractivity contribution in [2.45, 2.75) is 18.6 Å². The first-order valence-electron chi connectivity index (χ1n) is 14.3. The van der Waals surface area contributed by atoms with E-state index in [1.807, 2.05) is 29.2 Å². The Balaban J connectivity index is 1.23. The first kappa shape index (κ1) is 28.6. The molecule has 2 saturated heterocycles. The number of fused-ring (bicyclic) bond motifs is 3. The number of hydrogen-bond donors (Lipinski definition) is 0. The van der Waals surface area contributed by atoms with Crippen LogP contribution in [-0.4, -0.2) is 74.7 Å². The lowest BCUT2D eigenvalue weighted by Gasteiger charge is -2.50. The summed E-state index contributed by atoms with van der Waals surface area (Å²) < 4.78 is 45.1. The second-order valence-corrected chi connectivity index (χ2v) is 11.1. The third-order valence-electron chi connectivity index (χ3n) is 8.79. The van der Waals surface area contributed by atoms with Gasteiger partial charge in [0.2, 0.25) is 5.91 Å². The van der Waals surface area contributed by atoms with Crippen LogP contribution in [-0.2, 0) is 17.4 Å². The highest BCUT2D eigenvalue weighted by atomic mass is 19.4. The fraction of sp³-hybridized carbons (Fsp3) is 0.387. The molecule has 0 bridgehead atoms. The summed E-state index contributed by atoms with van der Waals surface area (Å²) in [6, 6.07) is 17.8. The Morgan fingerprint density at radius 2 is 1.63 bits per heavy atom. The van der Waals surface area contributed by atoms with Crippen molar-refractivity contribution in [3.8, 4) is 5.75 Å². The highest BCUT2D eigenvalue weighted by molar-refractivity contribution is 5.83. The van der Waals surface area contributed by atoms with Gasteiger partial charge in [-0.3, -0.25) is 14.9 Å². The van der Waals surface area contributed by atoms with E-state index in [9.17, 15) is 28.1 Å². The van der Waals surface area contributed by atoms with E-state index in [0.717, 1.165) is 41.4 Å². The molecule has 6 rings (SSSR count). The van der Waals surface area contributed by atoms with Crippen LogP contribution in [0.4, 0.5) is 35.9 Å². The number of carbonyl (C=O) groups is 1. The van der Waals surface area contributed by atoms with E-state index >= 15 is 0 Å². The molecule has 2 unspecified atom stereocenters. The van der Waals surface area contributed by atoms with Crippen molar-refractivity contribution >= 4 is 28.7 Å². The molecular weight excluding hydrogens is 563 g/mol. The fourth-order valence-electron chi connectivity index (χ4n) is 6.53. The van der Waals surface area contributed by atoms with Crippen LogP contribution in [0.25, 0.3) is 0 Å². The fourth-order valence-corrected chi connectivity index (χ4v) is 6.53. The van der Waals surface area contributed by atoms with Crippen molar-refractivity contribution in [2.24, 2.45) is 5.92 Å². The van der Waals surface area contributed by atoms with Gasteiger partial charge >= 0.3 is 6.18 Å². The average molecular weight is 596 g/mol. The van der Waals surface area contributed by atoms with Gasteiger partial charge in [-0.2, -0.15) is 13.2 Å². The number of methoxy groups -OCH3 is 1. The van der Waals surface area contributed by atoms with Crippen molar-refractivity contribution in [3.05, 3.63) is 88.0 Å². The molecule has 12 heteroatoms. The lowest BCUT2D eigenvalue weighted by atomic mass is 9.82. The lowest BCUT2D eigenvalue weighted by molar-refractivity contribution is -0.384. The van der Waals surface area contributed by atoms with Gasteiger partial charge in [0, 0.05) is 75.0 Å². The van der Waals surface area contributed by atoms with Crippen LogP contribution in [0.2, 0.25) is 0 Å². The molecule has 226 valence electrons. The van der Waals surface area contributed by atoms with Crippen LogP contribution in [0, 0.1) is 16.0 Å². The van der Waals surface area contributed by atoms with Gasteiger partial charge in [0.15, 0.2) is 0 Å². The zero-order valence-electron chi connectivity index (χ0n) is 23.7. The van der Waals surface area contributed by atoms with Gasteiger partial charge in [-0.05, 0) is 60.5 Å². The van der Waals surface area contributed by atoms with Gasteiger partial charge in [-0.1, -0.05) is 6.07 Å². The molecule has 2 atom stereocenters. The quantitative estimate of drug-likeness (QED) is 0.309. The molecule has 0 aliphatic carbocycles. The minimum atomic E-state index is -4.42. The van der Waals surface area contributed by atoms with E-state index in [2.05, 4.69) is 9.80 Å². The predicted molar refractivity (Wildman–Crippen MR) is 157 cm³/mol. The molecule has 0 radical (unpaired) electrons. The van der Waals surface area contributed by atoms with Crippen LogP contribution in [0.5, 0.6) is 5.75 Å². The molecule has 9 nitrogen and oxygen atoms in total. The first-order chi connectivity index (χ1) is 20.6. The van der Waals surface area contributed by atoms with Crippen molar-refractivity contribution < 1.29 is 27.6 Å². The van der Waals surface area contributed by atoms with E-state index in [1.165, 1.54) is 12.1 Å². The summed E-state index contributed by atoms with van der Waals surface area (Å²) >= 11 is 0. The van der Waals surface area contributed by atoms with E-state index < -0.39 is 22.6 Å². The van der Waals surface area contributed by atoms with Crippen LogP contribution in [0.1, 0.15) is 11.1 Å². The van der Waals surface area contributed by atoms with Gasteiger partial charge in [-0.25, -0.2) is 0 Å². The second kappa shape index (κ2) is 11.3. The SMILES string of the molecule is COc1ccc(N2CCN3c4ccc([N+](=O)[O-])cc4CC(C(=O)N4CCN(c5cccc(C(F)(F)F)c5)CC4)C3C2)cc1. The summed E-state index contributed by atoms with van der Waals surface area (Å²) in [6.45, 7) is 3.54. The highest BCUT2D eigenvalue weighted by Crippen LogP contribution is 2.40. The number of halogens is 3. The number of hydrogen-bond acceptors (Lipinski definition) is 7. The Bertz CT molecular complexity index is 1510. The topological polar surface area (TPSA) is 82.4 Å². The molecule has 43 heavy (non-hydrogen) atoms. The van der Waals surface area contributed by atoms with Crippen LogP contribution >= 0.6 is 0 Å². The summed E-state index contributed by atoms with van der Waals surface area (Å²) in [5.74, 6) is 0.288. The Labute approximate surface area is 247 Å². The lowest BCUT2D eigenvalue weighted by Crippen LogP contribution is -2.62. The number of anilines is 3. The molecular formula is C31H32F3N5O4. The number of piperazine rings is 2. The Morgan fingerprint density at radius 3 is 2.30 bits per heavy atom. The maximum absolute atomic E-state index is 14.2. The number of carbonyl (C=O) groups excluding carboxylic acids is 1. The summed E-state index contributed by atoms with van der Waals surface area (Å²) in [7, 11) is 1.62. The molecule has 0 spiro atoms. The van der Waals surface area contributed by atoms with E-state index in [-0.39, 0.29) is 17.6 Å². The number of rotatable bonds is 5. The third-order valence-corrected chi connectivity index (χ3v) is 8.79. The molecule has 0 saturated carbocycles. The molecule has 0 N–H and O–H groups in total. The summed E-state index contributed by atoms with van der Waals surface area (Å²) in [4.78, 5) is 33.4. The van der Waals surface area contributed by atoms with Crippen molar-refractivity contribution in [2.75, 3.05) is 67.6 Å². The molecule has 3 aliphatic rings. The maximum Gasteiger partial charge on any atom is 0.416 e. The molecule has 0 aromatic heterocycles. The number of alkyl halides is 3. The zero-order valence-corrected chi connectivity index (χ0v) is 23.7. The largest absolute Gasteiger partial charge is 0.497 e. The van der Waals surface area contributed by atoms with Crippen molar-refractivity contribution in [1.29, 1.82) is 0 Å². The van der Waals surface area contributed by atoms with E-state index in [1.54, 1.807) is 30.2 Å². The van der Waals surface area contributed by atoms with Crippen molar-refractivity contribution in [3.63, 3.8) is 0 Å². The zero-order chi connectivity index (χ0) is 30.3. The van der Waals surface area contributed by atoms with Crippen LogP contribution in [0.3, 0.4) is 0 Å². The number of non-ortho nitro benzene ring substituents is 1. The van der Waals surface area contributed by atoms with E-state index in [0.29, 0.717) is 51.4 Å². The molecule has 3 heterocycles. The summed E-state index contributed by atoms with van der Waals surface area (Å²) in [5, 5.41) is 11.5. The Kier molecular flexibility index (Phi) is 7.53. The molecule has 3 aromatic rings. The standard InChI is InChI=1S/C31H32F3N5O4/c1-43-26-8-5-23(6-9-26)37-15-16-38-28-10-7-25(39(41)42)17-21(28)18-27(29(38)20-37)30(40)36-13-11-35(12-14-36)24-4-2-3-22(19-24)31(32,33)34/h2-10,17,19,27,29H,11-16,18,20H2,1H3. The van der Waals surface area contributed by atoms with Crippen LogP contribution < -0.4 is 19.4 Å². The number of amides is 1. The third kappa shape index (κ3) is 5.65. The highest BCUT2D eigenvalue weighted by Gasteiger charge is 2.44. The summed E-state index contributed by atoms with van der Waals surface area (Å²) in [5.41, 5.74) is 2.50. The van der Waals surface area contributed by atoms with Gasteiger partial charge < -0.3 is 24.3 Å².